The predicted octanol–water partition coefficient (Wildman–Crippen LogP) is 4.59. The Hall–Kier alpha value is -3.11. The second-order valence-electron chi connectivity index (χ2n) is 8.39. The summed E-state index contributed by atoms with van der Waals surface area (Å²) in [5.74, 6) is -3.04. The number of anilines is 1. The number of halogens is 3. The van der Waals surface area contributed by atoms with Crippen LogP contribution in [0.4, 0.5) is 19.0 Å². The summed E-state index contributed by atoms with van der Waals surface area (Å²) < 4.78 is 59.3. The van der Waals surface area contributed by atoms with Gasteiger partial charge in [-0.25, -0.2) is 14.4 Å². The maximum atomic E-state index is 14.7. The number of rotatable bonds is 10. The molecule has 184 valence electrons. The lowest BCUT2D eigenvalue weighted by Crippen LogP contribution is -2.30. The number of alkyl halides is 2. The molecule has 0 radical (unpaired) electrons. The zero-order valence-electron chi connectivity index (χ0n) is 19.7. The van der Waals surface area contributed by atoms with Crippen molar-refractivity contribution in [3.8, 4) is 11.5 Å². The first-order valence-electron chi connectivity index (χ1n) is 10.6. The van der Waals surface area contributed by atoms with Gasteiger partial charge in [0.1, 0.15) is 30.7 Å². The van der Waals surface area contributed by atoms with E-state index in [4.69, 9.17) is 19.3 Å². The van der Waals surface area contributed by atoms with Crippen molar-refractivity contribution in [3.05, 3.63) is 53.1 Å². The molecule has 0 atom stereocenters. The monoisotopic (exact) mass is 479 g/mol. The summed E-state index contributed by atoms with van der Waals surface area (Å²) in [6.45, 7) is 4.10. The van der Waals surface area contributed by atoms with Crippen LogP contribution in [0, 0.1) is 12.7 Å². The van der Waals surface area contributed by atoms with Crippen LogP contribution >= 0.6 is 0 Å². The van der Waals surface area contributed by atoms with Crippen LogP contribution in [0.2, 0.25) is 0 Å². The molecule has 2 N–H and O–H groups in total. The lowest BCUT2D eigenvalue weighted by molar-refractivity contribution is -0.0583. The molecule has 3 rings (SSSR count). The van der Waals surface area contributed by atoms with E-state index in [1.807, 2.05) is 13.8 Å². The fraction of sp³-hybridized carbons (Fsp3) is 0.417. The van der Waals surface area contributed by atoms with Crippen LogP contribution in [-0.4, -0.2) is 48.1 Å². The molecule has 3 aromatic rings. The van der Waals surface area contributed by atoms with E-state index in [0.717, 1.165) is 6.07 Å². The van der Waals surface area contributed by atoms with Crippen LogP contribution < -0.4 is 14.8 Å². The molecule has 1 heterocycles. The van der Waals surface area contributed by atoms with Crippen LogP contribution in [0.5, 0.6) is 11.5 Å². The summed E-state index contributed by atoms with van der Waals surface area (Å²) in [6, 6.07) is 7.06. The molecule has 0 aliphatic rings. The summed E-state index contributed by atoms with van der Waals surface area (Å²) >= 11 is 0. The number of nitrogens with zero attached hydrogens (tertiary/aromatic N) is 2. The largest absolute Gasteiger partial charge is 0.493 e. The van der Waals surface area contributed by atoms with E-state index in [1.165, 1.54) is 19.2 Å². The lowest BCUT2D eigenvalue weighted by Gasteiger charge is -2.24. The van der Waals surface area contributed by atoms with Gasteiger partial charge in [-0.1, -0.05) is 12.1 Å². The van der Waals surface area contributed by atoms with Crippen molar-refractivity contribution in [2.45, 2.75) is 38.8 Å². The molecular weight excluding hydrogens is 451 g/mol. The van der Waals surface area contributed by atoms with E-state index < -0.39 is 29.5 Å². The first-order chi connectivity index (χ1) is 16.0. The van der Waals surface area contributed by atoms with Crippen LogP contribution in [0.15, 0.2) is 30.3 Å². The second-order valence-corrected chi connectivity index (χ2v) is 8.39. The number of methoxy groups -OCH3 is 2. The third kappa shape index (κ3) is 5.51. The van der Waals surface area contributed by atoms with Gasteiger partial charge >= 0.3 is 0 Å². The van der Waals surface area contributed by atoms with E-state index in [9.17, 15) is 13.2 Å². The summed E-state index contributed by atoms with van der Waals surface area (Å²) in [7, 11) is 3.10. The molecule has 0 saturated carbocycles. The molecule has 0 spiro atoms. The first-order valence-corrected chi connectivity index (χ1v) is 10.6. The number of benzene rings is 2. The smallest absolute Gasteiger partial charge is 0.298 e. The number of hydrogen-bond acceptors (Lipinski definition) is 7. The quantitative estimate of drug-likeness (QED) is 0.440. The summed E-state index contributed by atoms with van der Waals surface area (Å²) in [4.78, 5) is 8.83. The molecule has 2 aromatic carbocycles. The molecular formula is C24H28F3N3O4. The Morgan fingerprint density at radius 3 is 2.47 bits per heavy atom. The maximum absolute atomic E-state index is 14.7. The number of aryl methyl sites for hydroxylation is 1. The van der Waals surface area contributed by atoms with E-state index in [-0.39, 0.29) is 18.7 Å². The van der Waals surface area contributed by atoms with E-state index >= 15 is 0 Å². The summed E-state index contributed by atoms with van der Waals surface area (Å²) in [6.07, 6.45) is 0. The van der Waals surface area contributed by atoms with E-state index in [0.29, 0.717) is 34.0 Å². The molecule has 0 bridgehead atoms. The predicted molar refractivity (Wildman–Crippen MR) is 122 cm³/mol. The van der Waals surface area contributed by atoms with Gasteiger partial charge in [0.05, 0.1) is 23.8 Å². The highest BCUT2D eigenvalue weighted by Crippen LogP contribution is 2.35. The molecule has 34 heavy (non-hydrogen) atoms. The minimum absolute atomic E-state index is 0.00173. The topological polar surface area (TPSA) is 85.7 Å². The molecule has 0 aliphatic heterocycles. The van der Waals surface area contributed by atoms with Gasteiger partial charge < -0.3 is 24.6 Å². The highest BCUT2D eigenvalue weighted by molar-refractivity contribution is 5.91. The van der Waals surface area contributed by atoms with Gasteiger partial charge in [-0.3, -0.25) is 0 Å². The number of aliphatic hydroxyl groups is 1. The average Bonchev–Trinajstić information content (AvgIpc) is 2.81. The fourth-order valence-electron chi connectivity index (χ4n) is 3.23. The van der Waals surface area contributed by atoms with Gasteiger partial charge in [-0.15, -0.1) is 0 Å². The van der Waals surface area contributed by atoms with E-state index in [1.54, 1.807) is 26.2 Å². The molecule has 7 nitrogen and oxygen atoms in total. The molecule has 0 unspecified atom stereocenters. The summed E-state index contributed by atoms with van der Waals surface area (Å²) in [5, 5.41) is 12.5. The van der Waals surface area contributed by atoms with Crippen molar-refractivity contribution in [1.29, 1.82) is 0 Å². The molecule has 0 aliphatic carbocycles. The van der Waals surface area contributed by atoms with Crippen molar-refractivity contribution in [1.82, 2.24) is 9.97 Å². The SMILES string of the molecule is COc1cc2nc(C)nc(NCc3cccc(C(F)(F)CO)c3F)c2cc1OCC(C)(C)OC. The Morgan fingerprint density at radius 2 is 1.82 bits per heavy atom. The number of hydrogen-bond donors (Lipinski definition) is 2. The van der Waals surface area contributed by atoms with Crippen molar-refractivity contribution in [2.75, 3.05) is 32.8 Å². The third-order valence-electron chi connectivity index (χ3n) is 5.34. The standard InChI is InChI=1S/C24H28F3N3O4/c1-14-29-18-10-19(32-4)20(34-13-23(2,3)33-5)9-16(18)22(30-14)28-11-15-7-6-8-17(21(15)25)24(26,27)12-31/h6-10,31H,11-13H2,1-5H3,(H,28,29,30). The van der Waals surface area contributed by atoms with Crippen molar-refractivity contribution >= 4 is 16.7 Å². The minimum atomic E-state index is -3.68. The summed E-state index contributed by atoms with van der Waals surface area (Å²) in [5.41, 5.74) is -0.836. The van der Waals surface area contributed by atoms with Gasteiger partial charge in [-0.2, -0.15) is 8.78 Å². The van der Waals surface area contributed by atoms with Crippen LogP contribution in [0.1, 0.15) is 30.8 Å². The Labute approximate surface area is 195 Å². The second kappa shape index (κ2) is 10.0. The Morgan fingerprint density at radius 1 is 1.09 bits per heavy atom. The number of nitrogens with one attached hydrogen (secondary N) is 1. The highest BCUT2D eigenvalue weighted by Gasteiger charge is 2.34. The number of fused-ring (bicyclic) bond motifs is 1. The molecule has 10 heteroatoms. The zero-order valence-corrected chi connectivity index (χ0v) is 19.7. The molecule has 1 aromatic heterocycles. The van der Waals surface area contributed by atoms with Gasteiger partial charge in [0.25, 0.3) is 5.92 Å². The van der Waals surface area contributed by atoms with Gasteiger partial charge in [0.2, 0.25) is 0 Å². The van der Waals surface area contributed by atoms with Crippen LogP contribution in [0.3, 0.4) is 0 Å². The normalized spacial score (nSPS) is 12.1. The molecule has 0 fully saturated rings. The van der Waals surface area contributed by atoms with Gasteiger partial charge in [0, 0.05) is 30.7 Å². The van der Waals surface area contributed by atoms with Crippen molar-refractivity contribution < 1.29 is 32.5 Å². The Balaban J connectivity index is 1.97. The van der Waals surface area contributed by atoms with Crippen LogP contribution in [-0.2, 0) is 17.2 Å². The minimum Gasteiger partial charge on any atom is -0.493 e. The van der Waals surface area contributed by atoms with Gasteiger partial charge in [-0.05, 0) is 32.9 Å². The Bertz CT molecular complexity index is 1170. The average molecular weight is 479 g/mol. The number of aromatic nitrogens is 2. The Kier molecular flexibility index (Phi) is 7.52. The van der Waals surface area contributed by atoms with Crippen LogP contribution in [0.25, 0.3) is 10.9 Å². The van der Waals surface area contributed by atoms with Crippen molar-refractivity contribution in [3.63, 3.8) is 0 Å². The first kappa shape index (κ1) is 25.5. The number of aliphatic hydroxyl groups excluding tert-OH is 1. The molecule has 0 amide bonds. The van der Waals surface area contributed by atoms with Gasteiger partial charge in [0.15, 0.2) is 11.5 Å². The highest BCUT2D eigenvalue weighted by atomic mass is 19.3. The molecule has 0 saturated heterocycles. The third-order valence-corrected chi connectivity index (χ3v) is 5.34. The van der Waals surface area contributed by atoms with Crippen molar-refractivity contribution in [2.24, 2.45) is 0 Å². The number of ether oxygens (including phenoxy) is 3. The lowest BCUT2D eigenvalue weighted by atomic mass is 10.0. The van der Waals surface area contributed by atoms with E-state index in [2.05, 4.69) is 15.3 Å². The zero-order chi connectivity index (χ0) is 25.1. The maximum Gasteiger partial charge on any atom is 0.298 e. The fourth-order valence-corrected chi connectivity index (χ4v) is 3.23.